The summed E-state index contributed by atoms with van der Waals surface area (Å²) in [6.07, 6.45) is 2.64. The Morgan fingerprint density at radius 1 is 1.60 bits per heavy atom. The predicted octanol–water partition coefficient (Wildman–Crippen LogP) is 0.885. The largest absolute Gasteiger partial charge is 0.390 e. The molecule has 1 aliphatic carbocycles. The summed E-state index contributed by atoms with van der Waals surface area (Å²) in [5.74, 6) is 0.348. The van der Waals surface area contributed by atoms with Gasteiger partial charge in [0.05, 0.1) is 5.60 Å². The first kappa shape index (κ1) is 8.02. The molecule has 1 fully saturated rings. The van der Waals surface area contributed by atoms with Crippen molar-refractivity contribution >= 4 is 0 Å². The first-order valence-electron chi connectivity index (χ1n) is 4.02. The monoisotopic (exact) mass is 143 g/mol. The molecule has 3 N–H and O–H groups in total. The maximum atomic E-state index is 9.86. The van der Waals surface area contributed by atoms with E-state index in [0.29, 0.717) is 5.92 Å². The van der Waals surface area contributed by atoms with Gasteiger partial charge in [0.2, 0.25) is 0 Å². The van der Waals surface area contributed by atoms with Gasteiger partial charge in [0, 0.05) is 6.04 Å². The molecule has 0 radical (unpaired) electrons. The molecular formula is C8H17NO. The fourth-order valence-corrected chi connectivity index (χ4v) is 1.62. The smallest absolute Gasteiger partial charge is 0.0685 e. The van der Waals surface area contributed by atoms with Crippen LogP contribution in [0.1, 0.15) is 33.1 Å². The molecule has 0 aliphatic heterocycles. The number of nitrogens with two attached hydrogens (primary N) is 1. The summed E-state index contributed by atoms with van der Waals surface area (Å²) < 4.78 is 0. The zero-order chi connectivity index (χ0) is 7.78. The number of hydrogen-bond acceptors (Lipinski definition) is 2. The third-order valence-electron chi connectivity index (χ3n) is 2.64. The summed E-state index contributed by atoms with van der Waals surface area (Å²) in [4.78, 5) is 0. The Morgan fingerprint density at radius 3 is 2.40 bits per heavy atom. The van der Waals surface area contributed by atoms with E-state index in [1.165, 1.54) is 0 Å². The van der Waals surface area contributed by atoms with Gasteiger partial charge in [-0.1, -0.05) is 13.8 Å². The maximum absolute atomic E-state index is 9.86. The third kappa shape index (κ3) is 1.32. The van der Waals surface area contributed by atoms with Crippen LogP contribution < -0.4 is 5.73 Å². The van der Waals surface area contributed by atoms with Gasteiger partial charge in [-0.15, -0.1) is 0 Å². The Bertz CT molecular complexity index is 124. The van der Waals surface area contributed by atoms with Gasteiger partial charge in [0.1, 0.15) is 0 Å². The molecule has 2 nitrogen and oxygen atoms in total. The normalized spacial score (nSPS) is 41.1. The Hall–Kier alpha value is -0.0800. The quantitative estimate of drug-likeness (QED) is 0.572. The highest BCUT2D eigenvalue weighted by atomic mass is 16.3. The summed E-state index contributed by atoms with van der Waals surface area (Å²) in [5.41, 5.74) is 5.23. The molecule has 1 rings (SSSR count). The van der Waals surface area contributed by atoms with Crippen LogP contribution in [0.15, 0.2) is 0 Å². The molecule has 0 bridgehead atoms. The molecule has 2 heteroatoms. The van der Waals surface area contributed by atoms with E-state index < -0.39 is 5.60 Å². The van der Waals surface area contributed by atoms with Crippen LogP contribution in [0.2, 0.25) is 0 Å². The molecule has 0 aromatic rings. The first-order valence-corrected chi connectivity index (χ1v) is 4.02. The van der Waals surface area contributed by atoms with E-state index in [2.05, 4.69) is 13.8 Å². The summed E-state index contributed by atoms with van der Waals surface area (Å²) in [5, 5.41) is 9.86. The van der Waals surface area contributed by atoms with Crippen molar-refractivity contribution in [2.75, 3.05) is 0 Å². The van der Waals surface area contributed by atoms with Crippen molar-refractivity contribution in [3.05, 3.63) is 0 Å². The summed E-state index contributed by atoms with van der Waals surface area (Å²) in [6, 6.07) is 0.229. The van der Waals surface area contributed by atoms with E-state index in [1.807, 2.05) is 0 Å². The number of aliphatic hydroxyl groups is 1. The van der Waals surface area contributed by atoms with Crippen molar-refractivity contribution in [1.29, 1.82) is 0 Å². The van der Waals surface area contributed by atoms with Crippen molar-refractivity contribution < 1.29 is 5.11 Å². The van der Waals surface area contributed by atoms with Crippen molar-refractivity contribution in [3.63, 3.8) is 0 Å². The molecule has 0 aromatic heterocycles. The molecule has 2 atom stereocenters. The topological polar surface area (TPSA) is 46.2 Å². The maximum Gasteiger partial charge on any atom is 0.0685 e. The molecule has 2 unspecified atom stereocenters. The van der Waals surface area contributed by atoms with Gasteiger partial charge in [0.25, 0.3) is 0 Å². The molecule has 1 aliphatic rings. The molecule has 60 valence electrons. The average molecular weight is 143 g/mol. The Labute approximate surface area is 62.4 Å². The Balaban J connectivity index is 2.54. The Morgan fingerprint density at radius 2 is 2.20 bits per heavy atom. The van der Waals surface area contributed by atoms with Crippen molar-refractivity contribution in [3.8, 4) is 0 Å². The minimum atomic E-state index is -0.459. The minimum absolute atomic E-state index is 0.229. The summed E-state index contributed by atoms with van der Waals surface area (Å²) >= 11 is 0. The highest BCUT2D eigenvalue weighted by molar-refractivity contribution is 4.92. The van der Waals surface area contributed by atoms with Gasteiger partial charge < -0.3 is 10.8 Å². The standard InChI is InChI=1S/C8H17NO/c1-6(2)8(10)4-3-7(9)5-8/h6-7,10H,3-5,9H2,1-2H3. The van der Waals surface area contributed by atoms with Crippen LogP contribution in [0.3, 0.4) is 0 Å². The fourth-order valence-electron chi connectivity index (χ4n) is 1.62. The number of rotatable bonds is 1. The van der Waals surface area contributed by atoms with Crippen LogP contribution >= 0.6 is 0 Å². The van der Waals surface area contributed by atoms with E-state index in [1.54, 1.807) is 0 Å². The lowest BCUT2D eigenvalue weighted by Crippen LogP contribution is -2.33. The zero-order valence-corrected chi connectivity index (χ0v) is 6.80. The highest BCUT2D eigenvalue weighted by Crippen LogP contribution is 2.34. The lowest BCUT2D eigenvalue weighted by atomic mass is 9.89. The molecule has 0 spiro atoms. The van der Waals surface area contributed by atoms with E-state index in [4.69, 9.17) is 5.73 Å². The molecule has 0 heterocycles. The van der Waals surface area contributed by atoms with Crippen molar-refractivity contribution in [2.45, 2.75) is 44.8 Å². The number of hydrogen-bond donors (Lipinski definition) is 2. The predicted molar refractivity (Wildman–Crippen MR) is 41.6 cm³/mol. The van der Waals surface area contributed by atoms with E-state index in [9.17, 15) is 5.11 Å². The highest BCUT2D eigenvalue weighted by Gasteiger charge is 2.37. The van der Waals surface area contributed by atoms with Crippen molar-refractivity contribution in [1.82, 2.24) is 0 Å². The Kier molecular flexibility index (Phi) is 2.02. The van der Waals surface area contributed by atoms with E-state index in [0.717, 1.165) is 19.3 Å². The second kappa shape index (κ2) is 2.51. The average Bonchev–Trinajstić information content (AvgIpc) is 2.13. The molecule has 0 saturated heterocycles. The second-order valence-corrected chi connectivity index (χ2v) is 3.76. The van der Waals surface area contributed by atoms with Crippen LogP contribution in [0.25, 0.3) is 0 Å². The second-order valence-electron chi connectivity index (χ2n) is 3.76. The lowest BCUT2D eigenvalue weighted by molar-refractivity contribution is 0.000896. The molecular weight excluding hydrogens is 126 g/mol. The molecule has 1 saturated carbocycles. The third-order valence-corrected chi connectivity index (χ3v) is 2.64. The molecule has 0 aromatic carbocycles. The van der Waals surface area contributed by atoms with Crippen LogP contribution in [0.4, 0.5) is 0 Å². The van der Waals surface area contributed by atoms with Gasteiger partial charge in [-0.05, 0) is 25.2 Å². The summed E-state index contributed by atoms with van der Waals surface area (Å²) in [6.45, 7) is 4.11. The van der Waals surface area contributed by atoms with Gasteiger partial charge >= 0.3 is 0 Å². The zero-order valence-electron chi connectivity index (χ0n) is 6.80. The van der Waals surface area contributed by atoms with Gasteiger partial charge in [0.15, 0.2) is 0 Å². The van der Waals surface area contributed by atoms with Crippen LogP contribution in [0.5, 0.6) is 0 Å². The van der Waals surface area contributed by atoms with Gasteiger partial charge in [-0.2, -0.15) is 0 Å². The van der Waals surface area contributed by atoms with Crippen LogP contribution in [-0.2, 0) is 0 Å². The lowest BCUT2D eigenvalue weighted by Gasteiger charge is -2.26. The van der Waals surface area contributed by atoms with Crippen molar-refractivity contribution in [2.24, 2.45) is 11.7 Å². The molecule has 10 heavy (non-hydrogen) atoms. The molecule has 0 amide bonds. The van der Waals surface area contributed by atoms with Gasteiger partial charge in [-0.25, -0.2) is 0 Å². The SMILES string of the molecule is CC(C)C1(O)CCC(N)C1. The van der Waals surface area contributed by atoms with E-state index >= 15 is 0 Å². The van der Waals surface area contributed by atoms with Crippen LogP contribution in [-0.4, -0.2) is 16.7 Å². The summed E-state index contributed by atoms with van der Waals surface area (Å²) in [7, 11) is 0. The fraction of sp³-hybridized carbons (Fsp3) is 1.00. The minimum Gasteiger partial charge on any atom is -0.390 e. The first-order chi connectivity index (χ1) is 4.54. The van der Waals surface area contributed by atoms with Crippen LogP contribution in [0, 0.1) is 5.92 Å². The van der Waals surface area contributed by atoms with E-state index in [-0.39, 0.29) is 6.04 Å². The van der Waals surface area contributed by atoms with Gasteiger partial charge in [-0.3, -0.25) is 0 Å².